The third kappa shape index (κ3) is 3.95. The third-order valence-electron chi connectivity index (χ3n) is 3.85. The summed E-state index contributed by atoms with van der Waals surface area (Å²) >= 11 is 0. The Morgan fingerprint density at radius 3 is 2.70 bits per heavy atom. The zero-order valence-corrected chi connectivity index (χ0v) is 12.3. The Morgan fingerprint density at radius 1 is 1.30 bits per heavy atom. The van der Waals surface area contributed by atoms with Crippen molar-refractivity contribution in [1.29, 1.82) is 0 Å². The maximum atomic E-state index is 9.21. The van der Waals surface area contributed by atoms with E-state index in [0.717, 1.165) is 30.9 Å². The van der Waals surface area contributed by atoms with E-state index < -0.39 is 0 Å². The molecule has 20 heavy (non-hydrogen) atoms. The molecule has 1 aliphatic heterocycles. The molecule has 1 fully saturated rings. The minimum Gasteiger partial charge on any atom is -0.494 e. The van der Waals surface area contributed by atoms with Crippen molar-refractivity contribution in [1.82, 2.24) is 4.90 Å². The van der Waals surface area contributed by atoms with Crippen LogP contribution in [-0.4, -0.2) is 36.3 Å². The second kappa shape index (κ2) is 7.62. The maximum absolute atomic E-state index is 9.21. The second-order valence-corrected chi connectivity index (χ2v) is 5.43. The van der Waals surface area contributed by atoms with Crippen molar-refractivity contribution in [2.24, 2.45) is 5.73 Å². The standard InChI is InChI=1S/C16H26N2O2/c1-2-20-16-7-6-13(15(17)12-19)10-14(16)11-18-8-4-3-5-9-18/h6-7,10,15,19H,2-5,8-9,11-12,17H2,1H3/t15-/m0/s1. The number of ether oxygens (including phenoxy) is 1. The molecule has 1 aromatic carbocycles. The first-order valence-corrected chi connectivity index (χ1v) is 7.59. The van der Waals surface area contributed by atoms with Crippen molar-refractivity contribution in [3.8, 4) is 5.75 Å². The molecule has 1 heterocycles. The van der Waals surface area contributed by atoms with Gasteiger partial charge < -0.3 is 15.6 Å². The minimum atomic E-state index is -0.314. The summed E-state index contributed by atoms with van der Waals surface area (Å²) < 4.78 is 5.72. The van der Waals surface area contributed by atoms with Gasteiger partial charge in [0.15, 0.2) is 0 Å². The average Bonchev–Trinajstić information content (AvgIpc) is 2.49. The van der Waals surface area contributed by atoms with Gasteiger partial charge in [0.1, 0.15) is 5.75 Å². The van der Waals surface area contributed by atoms with Crippen molar-refractivity contribution in [3.05, 3.63) is 29.3 Å². The van der Waals surface area contributed by atoms with Crippen LogP contribution in [0.2, 0.25) is 0 Å². The summed E-state index contributed by atoms with van der Waals surface area (Å²) in [4.78, 5) is 2.47. The lowest BCUT2D eigenvalue weighted by Gasteiger charge is -2.27. The Bertz CT molecular complexity index is 417. The third-order valence-corrected chi connectivity index (χ3v) is 3.85. The number of hydrogen-bond donors (Lipinski definition) is 2. The molecule has 1 aliphatic rings. The largest absolute Gasteiger partial charge is 0.494 e. The molecule has 3 N–H and O–H groups in total. The minimum absolute atomic E-state index is 0.0306. The molecular weight excluding hydrogens is 252 g/mol. The number of aliphatic hydroxyl groups is 1. The highest BCUT2D eigenvalue weighted by molar-refractivity contribution is 5.38. The first kappa shape index (κ1) is 15.3. The lowest BCUT2D eigenvalue weighted by molar-refractivity contribution is 0.216. The number of hydrogen-bond acceptors (Lipinski definition) is 4. The Hall–Kier alpha value is -1.10. The van der Waals surface area contributed by atoms with Crippen LogP contribution in [0.5, 0.6) is 5.75 Å². The highest BCUT2D eigenvalue weighted by atomic mass is 16.5. The Kier molecular flexibility index (Phi) is 5.83. The average molecular weight is 278 g/mol. The van der Waals surface area contributed by atoms with Gasteiger partial charge in [0.2, 0.25) is 0 Å². The highest BCUT2D eigenvalue weighted by Gasteiger charge is 2.15. The number of nitrogens with zero attached hydrogens (tertiary/aromatic N) is 1. The van der Waals surface area contributed by atoms with Gasteiger partial charge in [-0.3, -0.25) is 4.90 Å². The number of benzene rings is 1. The summed E-state index contributed by atoms with van der Waals surface area (Å²) in [6, 6.07) is 5.70. The van der Waals surface area contributed by atoms with Crippen LogP contribution in [0.4, 0.5) is 0 Å². The lowest BCUT2D eigenvalue weighted by atomic mass is 10.0. The highest BCUT2D eigenvalue weighted by Crippen LogP contribution is 2.25. The molecule has 0 bridgehead atoms. The molecule has 2 rings (SSSR count). The number of rotatable bonds is 6. The van der Waals surface area contributed by atoms with Gasteiger partial charge in [0.25, 0.3) is 0 Å². The fourth-order valence-corrected chi connectivity index (χ4v) is 2.71. The molecule has 0 spiro atoms. The normalized spacial score (nSPS) is 17.9. The van der Waals surface area contributed by atoms with E-state index in [1.54, 1.807) is 0 Å². The molecule has 0 unspecified atom stereocenters. The van der Waals surface area contributed by atoms with Crippen LogP contribution in [-0.2, 0) is 6.54 Å². The van der Waals surface area contributed by atoms with Crippen LogP contribution in [0, 0.1) is 0 Å². The van der Waals surface area contributed by atoms with E-state index in [1.165, 1.54) is 24.8 Å². The number of nitrogens with two attached hydrogens (primary N) is 1. The molecule has 4 nitrogen and oxygen atoms in total. The topological polar surface area (TPSA) is 58.7 Å². The molecular formula is C16H26N2O2. The molecule has 1 aromatic rings. The summed E-state index contributed by atoms with van der Waals surface area (Å²) in [6.45, 7) is 5.85. The van der Waals surface area contributed by atoms with E-state index in [1.807, 2.05) is 19.1 Å². The van der Waals surface area contributed by atoms with E-state index >= 15 is 0 Å². The van der Waals surface area contributed by atoms with Gasteiger partial charge in [0.05, 0.1) is 19.3 Å². The van der Waals surface area contributed by atoms with Gasteiger partial charge in [-0.2, -0.15) is 0 Å². The molecule has 1 atom stereocenters. The van der Waals surface area contributed by atoms with Crippen LogP contribution in [0.25, 0.3) is 0 Å². The molecule has 0 radical (unpaired) electrons. The van der Waals surface area contributed by atoms with E-state index in [4.69, 9.17) is 10.5 Å². The van der Waals surface area contributed by atoms with Crippen LogP contribution in [0.1, 0.15) is 43.4 Å². The van der Waals surface area contributed by atoms with Crippen molar-refractivity contribution >= 4 is 0 Å². The summed E-state index contributed by atoms with van der Waals surface area (Å²) in [5.41, 5.74) is 8.07. The summed E-state index contributed by atoms with van der Waals surface area (Å²) in [7, 11) is 0. The van der Waals surface area contributed by atoms with Crippen LogP contribution in [0.15, 0.2) is 18.2 Å². The first-order valence-electron chi connectivity index (χ1n) is 7.59. The number of aliphatic hydroxyl groups excluding tert-OH is 1. The van der Waals surface area contributed by atoms with E-state index in [0.29, 0.717) is 6.61 Å². The lowest BCUT2D eigenvalue weighted by Crippen LogP contribution is -2.29. The predicted octanol–water partition coefficient (Wildman–Crippen LogP) is 2.06. The molecule has 0 saturated carbocycles. The van der Waals surface area contributed by atoms with Crippen LogP contribution in [0.3, 0.4) is 0 Å². The zero-order chi connectivity index (χ0) is 14.4. The van der Waals surface area contributed by atoms with Gasteiger partial charge in [-0.1, -0.05) is 12.5 Å². The van der Waals surface area contributed by atoms with Gasteiger partial charge in [-0.15, -0.1) is 0 Å². The van der Waals surface area contributed by atoms with Crippen LogP contribution < -0.4 is 10.5 Å². The Labute approximate surface area is 121 Å². The van der Waals surface area contributed by atoms with Gasteiger partial charge in [-0.05, 0) is 50.6 Å². The molecule has 0 aliphatic carbocycles. The first-order chi connectivity index (χ1) is 9.74. The fourth-order valence-electron chi connectivity index (χ4n) is 2.71. The second-order valence-electron chi connectivity index (χ2n) is 5.43. The van der Waals surface area contributed by atoms with Crippen molar-refractivity contribution in [3.63, 3.8) is 0 Å². The van der Waals surface area contributed by atoms with E-state index in [-0.39, 0.29) is 12.6 Å². The molecule has 4 heteroatoms. The van der Waals surface area contributed by atoms with Crippen molar-refractivity contribution < 1.29 is 9.84 Å². The van der Waals surface area contributed by atoms with E-state index in [2.05, 4.69) is 11.0 Å². The Morgan fingerprint density at radius 2 is 2.05 bits per heavy atom. The Balaban J connectivity index is 2.16. The van der Waals surface area contributed by atoms with Crippen molar-refractivity contribution in [2.75, 3.05) is 26.3 Å². The van der Waals surface area contributed by atoms with Gasteiger partial charge in [-0.25, -0.2) is 0 Å². The molecule has 0 amide bonds. The quantitative estimate of drug-likeness (QED) is 0.836. The van der Waals surface area contributed by atoms with Crippen molar-refractivity contribution in [2.45, 2.75) is 38.8 Å². The summed E-state index contributed by atoms with van der Waals surface area (Å²) in [6.07, 6.45) is 3.89. The predicted molar refractivity (Wildman–Crippen MR) is 80.8 cm³/mol. The summed E-state index contributed by atoms with van der Waals surface area (Å²) in [5, 5.41) is 9.21. The van der Waals surface area contributed by atoms with Gasteiger partial charge >= 0.3 is 0 Å². The maximum Gasteiger partial charge on any atom is 0.123 e. The monoisotopic (exact) mass is 278 g/mol. The smallest absolute Gasteiger partial charge is 0.123 e. The SMILES string of the molecule is CCOc1ccc([C@@H](N)CO)cc1CN1CCCCC1. The van der Waals surface area contributed by atoms with Gasteiger partial charge in [0, 0.05) is 12.1 Å². The molecule has 1 saturated heterocycles. The number of likely N-dealkylation sites (tertiary alicyclic amines) is 1. The summed E-state index contributed by atoms with van der Waals surface area (Å²) in [5.74, 6) is 0.937. The number of piperidine rings is 1. The molecule has 0 aromatic heterocycles. The zero-order valence-electron chi connectivity index (χ0n) is 12.3. The molecule has 112 valence electrons. The van der Waals surface area contributed by atoms with E-state index in [9.17, 15) is 5.11 Å². The van der Waals surface area contributed by atoms with Crippen LogP contribution >= 0.6 is 0 Å². The fraction of sp³-hybridized carbons (Fsp3) is 0.625.